The second kappa shape index (κ2) is 14.3. The van der Waals surface area contributed by atoms with E-state index in [-0.39, 0.29) is 23.8 Å². The van der Waals surface area contributed by atoms with Crippen LogP contribution in [-0.4, -0.2) is 25.2 Å². The van der Waals surface area contributed by atoms with Crippen LogP contribution in [0.3, 0.4) is 0 Å². The number of unbranched alkanes of at least 4 members (excludes halogenated alkanes) is 5. The van der Waals surface area contributed by atoms with Gasteiger partial charge < -0.3 is 14.2 Å². The zero-order valence-electron chi connectivity index (χ0n) is 19.9. The lowest BCUT2D eigenvalue weighted by atomic mass is 10.1. The van der Waals surface area contributed by atoms with Gasteiger partial charge in [0, 0.05) is 6.07 Å². The molecule has 5 nitrogen and oxygen atoms in total. The summed E-state index contributed by atoms with van der Waals surface area (Å²) in [5, 5.41) is 0. The lowest BCUT2D eigenvalue weighted by molar-refractivity contribution is 0.0442. The molecule has 6 heteroatoms. The van der Waals surface area contributed by atoms with Crippen molar-refractivity contribution in [2.45, 2.75) is 65.7 Å². The van der Waals surface area contributed by atoms with Crippen molar-refractivity contribution < 1.29 is 28.2 Å². The van der Waals surface area contributed by atoms with Crippen LogP contribution in [0.2, 0.25) is 0 Å². The summed E-state index contributed by atoms with van der Waals surface area (Å²) in [5.41, 5.74) is 0.129. The molecule has 2 aromatic rings. The Bertz CT molecular complexity index is 879. The molecule has 0 aromatic heterocycles. The fraction of sp³-hybridized carbons (Fsp3) is 0.481. The molecule has 1 atom stereocenters. The number of hydrogen-bond acceptors (Lipinski definition) is 5. The minimum Gasteiger partial charge on any atom is -0.494 e. The van der Waals surface area contributed by atoms with Gasteiger partial charge in [0.25, 0.3) is 0 Å². The van der Waals surface area contributed by atoms with E-state index in [9.17, 15) is 14.0 Å². The van der Waals surface area contributed by atoms with Crippen molar-refractivity contribution in [3.8, 4) is 11.5 Å². The van der Waals surface area contributed by atoms with Gasteiger partial charge in [-0.15, -0.1) is 0 Å². The van der Waals surface area contributed by atoms with E-state index in [0.717, 1.165) is 25.3 Å². The lowest BCUT2D eigenvalue weighted by Gasteiger charge is -2.11. The molecule has 0 aliphatic heterocycles. The van der Waals surface area contributed by atoms with Crippen LogP contribution in [0.15, 0.2) is 42.5 Å². The van der Waals surface area contributed by atoms with Crippen molar-refractivity contribution in [3.63, 3.8) is 0 Å². The Labute approximate surface area is 196 Å². The number of rotatable bonds is 14. The SMILES string of the molecule is CCCCCCCCOc1ccc(C(=O)Oc2ccc(C(=O)OCC(C)CC)c(F)c2)cc1. The molecule has 0 N–H and O–H groups in total. The van der Waals surface area contributed by atoms with Gasteiger partial charge in [-0.05, 0) is 48.7 Å². The van der Waals surface area contributed by atoms with Gasteiger partial charge in [0.2, 0.25) is 0 Å². The summed E-state index contributed by atoms with van der Waals surface area (Å²) in [6, 6.07) is 10.3. The second-order valence-corrected chi connectivity index (χ2v) is 8.28. The highest BCUT2D eigenvalue weighted by atomic mass is 19.1. The highest BCUT2D eigenvalue weighted by Crippen LogP contribution is 2.20. The zero-order chi connectivity index (χ0) is 24.1. The summed E-state index contributed by atoms with van der Waals surface area (Å²) >= 11 is 0. The topological polar surface area (TPSA) is 61.8 Å². The van der Waals surface area contributed by atoms with Crippen molar-refractivity contribution in [2.24, 2.45) is 5.92 Å². The standard InChI is InChI=1S/C27H35FO5/c1-4-6-7-8-9-10-17-31-22-13-11-21(12-14-22)26(29)33-23-15-16-24(25(28)18-23)27(30)32-19-20(3)5-2/h11-16,18,20H,4-10,17,19H2,1-3H3. The maximum absolute atomic E-state index is 14.3. The van der Waals surface area contributed by atoms with Crippen LogP contribution >= 0.6 is 0 Å². The molecule has 180 valence electrons. The van der Waals surface area contributed by atoms with Crippen molar-refractivity contribution >= 4 is 11.9 Å². The molecule has 2 rings (SSSR count). The van der Waals surface area contributed by atoms with Gasteiger partial charge in [-0.3, -0.25) is 0 Å². The summed E-state index contributed by atoms with van der Waals surface area (Å²) in [4.78, 5) is 24.4. The van der Waals surface area contributed by atoms with Gasteiger partial charge in [0.1, 0.15) is 17.3 Å². The number of ether oxygens (including phenoxy) is 3. The number of halogens is 1. The number of esters is 2. The molecule has 0 fully saturated rings. The molecule has 0 heterocycles. The fourth-order valence-corrected chi connectivity index (χ4v) is 3.06. The van der Waals surface area contributed by atoms with E-state index in [1.807, 2.05) is 13.8 Å². The third kappa shape index (κ3) is 9.24. The summed E-state index contributed by atoms with van der Waals surface area (Å²) in [7, 11) is 0. The summed E-state index contributed by atoms with van der Waals surface area (Å²) in [5.74, 6) is -1.26. The highest BCUT2D eigenvalue weighted by molar-refractivity contribution is 5.92. The van der Waals surface area contributed by atoms with Crippen LogP contribution in [0.1, 0.15) is 86.4 Å². The third-order valence-corrected chi connectivity index (χ3v) is 5.42. The predicted octanol–water partition coefficient (Wildman–Crippen LogP) is 6.99. The van der Waals surface area contributed by atoms with Crippen molar-refractivity contribution in [1.29, 1.82) is 0 Å². The van der Waals surface area contributed by atoms with Crippen LogP contribution in [0, 0.1) is 11.7 Å². The number of carbonyl (C=O) groups excluding carboxylic acids is 2. The van der Waals surface area contributed by atoms with Crippen molar-refractivity contribution in [3.05, 3.63) is 59.4 Å². The van der Waals surface area contributed by atoms with Gasteiger partial charge in [0.15, 0.2) is 0 Å². The predicted molar refractivity (Wildman–Crippen MR) is 126 cm³/mol. The average Bonchev–Trinajstić information content (AvgIpc) is 2.82. The quantitative estimate of drug-likeness (QED) is 0.173. The Morgan fingerprint density at radius 1 is 0.879 bits per heavy atom. The van der Waals surface area contributed by atoms with Crippen LogP contribution in [0.4, 0.5) is 4.39 Å². The van der Waals surface area contributed by atoms with E-state index < -0.39 is 17.8 Å². The summed E-state index contributed by atoms with van der Waals surface area (Å²) in [6.45, 7) is 7.00. The molecule has 0 saturated carbocycles. The van der Waals surface area contributed by atoms with Gasteiger partial charge in [-0.25, -0.2) is 14.0 Å². The first-order valence-electron chi connectivity index (χ1n) is 11.9. The molecule has 0 spiro atoms. The van der Waals surface area contributed by atoms with Crippen LogP contribution in [0.5, 0.6) is 11.5 Å². The summed E-state index contributed by atoms with van der Waals surface area (Å²) in [6.07, 6.45) is 8.01. The van der Waals surface area contributed by atoms with Crippen molar-refractivity contribution in [1.82, 2.24) is 0 Å². The van der Waals surface area contributed by atoms with Crippen LogP contribution < -0.4 is 9.47 Å². The lowest BCUT2D eigenvalue weighted by Crippen LogP contribution is -2.13. The first-order valence-corrected chi connectivity index (χ1v) is 11.9. The highest BCUT2D eigenvalue weighted by Gasteiger charge is 2.17. The molecule has 2 aromatic carbocycles. The Morgan fingerprint density at radius 3 is 2.21 bits per heavy atom. The molecule has 0 saturated heterocycles. The molecule has 0 amide bonds. The first-order chi connectivity index (χ1) is 15.9. The Balaban J connectivity index is 1.83. The van der Waals surface area contributed by atoms with E-state index in [2.05, 4.69) is 6.92 Å². The molecule has 0 radical (unpaired) electrons. The minimum atomic E-state index is -0.798. The van der Waals surface area contributed by atoms with Gasteiger partial charge in [-0.1, -0.05) is 59.3 Å². The van der Waals surface area contributed by atoms with Crippen LogP contribution in [-0.2, 0) is 4.74 Å². The molecule has 33 heavy (non-hydrogen) atoms. The summed E-state index contributed by atoms with van der Waals surface area (Å²) < 4.78 is 30.4. The second-order valence-electron chi connectivity index (χ2n) is 8.28. The maximum atomic E-state index is 14.3. The van der Waals surface area contributed by atoms with E-state index in [0.29, 0.717) is 17.9 Å². The van der Waals surface area contributed by atoms with E-state index in [1.165, 1.54) is 37.8 Å². The van der Waals surface area contributed by atoms with Crippen LogP contribution in [0.25, 0.3) is 0 Å². The van der Waals surface area contributed by atoms with Gasteiger partial charge >= 0.3 is 11.9 Å². The Kier molecular flexibility index (Phi) is 11.4. The molecule has 1 unspecified atom stereocenters. The molecule has 0 aliphatic carbocycles. The smallest absolute Gasteiger partial charge is 0.343 e. The van der Waals surface area contributed by atoms with E-state index in [1.54, 1.807) is 24.3 Å². The normalized spacial score (nSPS) is 11.6. The van der Waals surface area contributed by atoms with Gasteiger partial charge in [-0.2, -0.15) is 0 Å². The zero-order valence-corrected chi connectivity index (χ0v) is 19.9. The first kappa shape index (κ1) is 26.4. The number of hydrogen-bond donors (Lipinski definition) is 0. The van der Waals surface area contributed by atoms with E-state index >= 15 is 0 Å². The average molecular weight is 459 g/mol. The van der Waals surface area contributed by atoms with E-state index in [4.69, 9.17) is 14.2 Å². The molecule has 0 bridgehead atoms. The molecular formula is C27H35FO5. The van der Waals surface area contributed by atoms with Crippen molar-refractivity contribution in [2.75, 3.05) is 13.2 Å². The van der Waals surface area contributed by atoms with Gasteiger partial charge in [0.05, 0.1) is 24.3 Å². The third-order valence-electron chi connectivity index (χ3n) is 5.42. The Hall–Kier alpha value is -2.89. The monoisotopic (exact) mass is 458 g/mol. The number of carbonyl (C=O) groups is 2. The Morgan fingerprint density at radius 2 is 1.55 bits per heavy atom. The minimum absolute atomic E-state index is 0.0133. The molecular weight excluding hydrogens is 423 g/mol. The fourth-order valence-electron chi connectivity index (χ4n) is 3.06. The molecule has 0 aliphatic rings. The maximum Gasteiger partial charge on any atom is 0.343 e. The number of benzene rings is 2. The largest absolute Gasteiger partial charge is 0.494 e.